The molecule has 1 saturated heterocycles. The monoisotopic (exact) mass is 316 g/mol. The Labute approximate surface area is 124 Å². The highest BCUT2D eigenvalue weighted by Gasteiger charge is 2.16. The fraction of sp³-hybridized carbons (Fsp3) is 0.636. The third-order valence-electron chi connectivity index (χ3n) is 2.57. The van der Waals surface area contributed by atoms with Gasteiger partial charge in [0.2, 0.25) is 16.9 Å². The lowest BCUT2D eigenvalue weighted by molar-refractivity contribution is -0.119. The van der Waals surface area contributed by atoms with Gasteiger partial charge in [-0.2, -0.15) is 0 Å². The van der Waals surface area contributed by atoms with E-state index in [0.29, 0.717) is 16.0 Å². The number of ether oxygens (including phenoxy) is 1. The number of rotatable bonds is 6. The molecule has 110 valence electrons. The summed E-state index contributed by atoms with van der Waals surface area (Å²) in [6.45, 7) is 2.76. The second kappa shape index (κ2) is 7.55. The van der Waals surface area contributed by atoms with E-state index >= 15 is 0 Å². The van der Waals surface area contributed by atoms with Crippen LogP contribution >= 0.6 is 23.1 Å². The smallest absolute Gasteiger partial charge is 0.230 e. The average molecular weight is 316 g/mol. The van der Waals surface area contributed by atoms with Gasteiger partial charge in [-0.05, 0) is 12.8 Å². The number of hydrogen-bond donors (Lipinski definition) is 2. The van der Waals surface area contributed by atoms with Crippen LogP contribution in [0.2, 0.25) is 0 Å². The maximum absolute atomic E-state index is 11.7. The van der Waals surface area contributed by atoms with Crippen molar-refractivity contribution >= 4 is 40.0 Å². The quantitative estimate of drug-likeness (QED) is 0.598. The summed E-state index contributed by atoms with van der Waals surface area (Å²) in [6.07, 6.45) is 2.22. The third-order valence-corrected chi connectivity index (χ3v) is 4.54. The van der Waals surface area contributed by atoms with Crippen LogP contribution in [0.4, 0.5) is 5.13 Å². The SMILES string of the molecule is CC(=O)Nc1nnc(SCC(=O)NC[C@H]2CCCO2)s1. The highest BCUT2D eigenvalue weighted by atomic mass is 32.2. The standard InChI is InChI=1S/C11H16N4O3S2/c1-7(16)13-10-14-15-11(20-10)19-6-9(17)12-5-8-3-2-4-18-8/h8H,2-6H2,1H3,(H,12,17)(H,13,14,16)/t8-/m1/s1. The summed E-state index contributed by atoms with van der Waals surface area (Å²) in [6, 6.07) is 0. The summed E-state index contributed by atoms with van der Waals surface area (Å²) >= 11 is 2.55. The first-order valence-corrected chi connectivity index (χ1v) is 8.06. The second-order valence-corrected chi connectivity index (χ2v) is 6.48. The zero-order valence-corrected chi connectivity index (χ0v) is 12.7. The van der Waals surface area contributed by atoms with Crippen LogP contribution in [0, 0.1) is 0 Å². The van der Waals surface area contributed by atoms with Gasteiger partial charge in [0.25, 0.3) is 0 Å². The van der Waals surface area contributed by atoms with Crippen molar-refractivity contribution < 1.29 is 14.3 Å². The van der Waals surface area contributed by atoms with Crippen molar-refractivity contribution in [1.29, 1.82) is 0 Å². The molecule has 1 aliphatic heterocycles. The van der Waals surface area contributed by atoms with E-state index in [1.807, 2.05) is 0 Å². The molecule has 0 aliphatic carbocycles. The molecular formula is C11H16N4O3S2. The van der Waals surface area contributed by atoms with Gasteiger partial charge in [0.15, 0.2) is 4.34 Å². The molecular weight excluding hydrogens is 300 g/mol. The predicted molar refractivity (Wildman–Crippen MR) is 76.9 cm³/mol. The van der Waals surface area contributed by atoms with Crippen LogP contribution in [0.15, 0.2) is 4.34 Å². The summed E-state index contributed by atoms with van der Waals surface area (Å²) in [5.74, 6) is 0.0373. The van der Waals surface area contributed by atoms with Crippen LogP contribution in [0.25, 0.3) is 0 Å². The van der Waals surface area contributed by atoms with Gasteiger partial charge < -0.3 is 15.4 Å². The highest BCUT2D eigenvalue weighted by Crippen LogP contribution is 2.25. The largest absolute Gasteiger partial charge is 0.376 e. The Balaban J connectivity index is 1.67. The minimum absolute atomic E-state index is 0.0539. The lowest BCUT2D eigenvalue weighted by atomic mass is 10.2. The van der Waals surface area contributed by atoms with E-state index in [-0.39, 0.29) is 23.7 Å². The van der Waals surface area contributed by atoms with Crippen molar-refractivity contribution in [1.82, 2.24) is 15.5 Å². The molecule has 0 spiro atoms. The zero-order valence-electron chi connectivity index (χ0n) is 11.0. The molecule has 1 aliphatic rings. The van der Waals surface area contributed by atoms with Crippen LogP contribution in [-0.2, 0) is 14.3 Å². The molecule has 0 saturated carbocycles. The maximum atomic E-state index is 11.7. The number of anilines is 1. The zero-order chi connectivity index (χ0) is 14.4. The molecule has 9 heteroatoms. The van der Waals surface area contributed by atoms with Crippen molar-refractivity contribution in [3.05, 3.63) is 0 Å². The molecule has 1 aromatic heterocycles. The van der Waals surface area contributed by atoms with Crippen LogP contribution in [-0.4, -0.2) is 47.0 Å². The Hall–Kier alpha value is -1.19. The van der Waals surface area contributed by atoms with Crippen molar-refractivity contribution in [3.63, 3.8) is 0 Å². The van der Waals surface area contributed by atoms with Gasteiger partial charge in [-0.25, -0.2) is 0 Å². The fourth-order valence-corrected chi connectivity index (χ4v) is 3.31. The lowest BCUT2D eigenvalue weighted by Gasteiger charge is -2.09. The molecule has 2 N–H and O–H groups in total. The molecule has 2 rings (SSSR count). The number of hydrogen-bond acceptors (Lipinski definition) is 7. The minimum atomic E-state index is -0.188. The number of thioether (sulfide) groups is 1. The number of nitrogens with zero attached hydrogens (tertiary/aromatic N) is 2. The van der Waals surface area contributed by atoms with Gasteiger partial charge in [-0.15, -0.1) is 10.2 Å². The summed E-state index contributed by atoms with van der Waals surface area (Å²) in [5, 5.41) is 13.5. The Morgan fingerprint density at radius 2 is 2.35 bits per heavy atom. The fourth-order valence-electron chi connectivity index (χ4n) is 1.68. The first-order valence-electron chi connectivity index (χ1n) is 6.25. The van der Waals surface area contributed by atoms with E-state index in [1.165, 1.54) is 30.0 Å². The minimum Gasteiger partial charge on any atom is -0.376 e. The first kappa shape index (κ1) is 15.2. The number of carbonyl (C=O) groups excluding carboxylic acids is 2. The van der Waals surface area contributed by atoms with Crippen LogP contribution in [0.1, 0.15) is 19.8 Å². The number of nitrogens with one attached hydrogen (secondary N) is 2. The predicted octanol–water partition coefficient (Wildman–Crippen LogP) is 0.884. The normalized spacial score (nSPS) is 17.9. The van der Waals surface area contributed by atoms with Crippen molar-refractivity contribution in [2.45, 2.75) is 30.2 Å². The summed E-state index contributed by atoms with van der Waals surface area (Å²) in [5.41, 5.74) is 0. The molecule has 20 heavy (non-hydrogen) atoms. The van der Waals surface area contributed by atoms with Gasteiger partial charge in [0, 0.05) is 20.1 Å². The first-order chi connectivity index (χ1) is 9.63. The third kappa shape index (κ3) is 5.06. The highest BCUT2D eigenvalue weighted by molar-refractivity contribution is 8.01. The molecule has 1 aromatic rings. The Morgan fingerprint density at radius 3 is 3.05 bits per heavy atom. The average Bonchev–Trinajstić information content (AvgIpc) is 3.04. The summed E-state index contributed by atoms with van der Waals surface area (Å²) < 4.78 is 6.08. The van der Waals surface area contributed by atoms with E-state index in [1.54, 1.807) is 0 Å². The van der Waals surface area contributed by atoms with E-state index in [9.17, 15) is 9.59 Å². The van der Waals surface area contributed by atoms with E-state index in [2.05, 4.69) is 20.8 Å². The topological polar surface area (TPSA) is 93.2 Å². The second-order valence-electron chi connectivity index (χ2n) is 4.28. The van der Waals surface area contributed by atoms with Gasteiger partial charge in [-0.3, -0.25) is 9.59 Å². The number of amides is 2. The summed E-state index contributed by atoms with van der Waals surface area (Å²) in [4.78, 5) is 22.5. The molecule has 2 heterocycles. The van der Waals surface area contributed by atoms with E-state index in [0.717, 1.165) is 19.4 Å². The van der Waals surface area contributed by atoms with Crippen LogP contribution < -0.4 is 10.6 Å². The van der Waals surface area contributed by atoms with Crippen molar-refractivity contribution in [2.24, 2.45) is 0 Å². The molecule has 0 radical (unpaired) electrons. The molecule has 0 aromatic carbocycles. The van der Waals surface area contributed by atoms with Crippen LogP contribution in [0.5, 0.6) is 0 Å². The Morgan fingerprint density at radius 1 is 1.50 bits per heavy atom. The molecule has 1 atom stereocenters. The Bertz CT molecular complexity index is 474. The molecule has 2 amide bonds. The van der Waals surface area contributed by atoms with Gasteiger partial charge in [0.1, 0.15) is 0 Å². The van der Waals surface area contributed by atoms with Gasteiger partial charge in [0.05, 0.1) is 11.9 Å². The molecule has 0 bridgehead atoms. The van der Waals surface area contributed by atoms with Crippen LogP contribution in [0.3, 0.4) is 0 Å². The van der Waals surface area contributed by atoms with Crippen molar-refractivity contribution in [2.75, 3.05) is 24.2 Å². The van der Waals surface area contributed by atoms with Crippen molar-refractivity contribution in [3.8, 4) is 0 Å². The summed E-state index contributed by atoms with van der Waals surface area (Å²) in [7, 11) is 0. The lowest BCUT2D eigenvalue weighted by Crippen LogP contribution is -2.32. The van der Waals surface area contributed by atoms with E-state index < -0.39 is 0 Å². The van der Waals surface area contributed by atoms with E-state index in [4.69, 9.17) is 4.74 Å². The number of carbonyl (C=O) groups is 2. The number of aromatic nitrogens is 2. The molecule has 7 nitrogen and oxygen atoms in total. The maximum Gasteiger partial charge on any atom is 0.230 e. The van der Waals surface area contributed by atoms with Gasteiger partial charge >= 0.3 is 0 Å². The molecule has 1 fully saturated rings. The van der Waals surface area contributed by atoms with Gasteiger partial charge in [-0.1, -0.05) is 23.1 Å². The molecule has 0 unspecified atom stereocenters. The Kier molecular flexibility index (Phi) is 5.74.